The minimum atomic E-state index is -5.42. The van der Waals surface area contributed by atoms with Crippen LogP contribution >= 0.6 is 27.2 Å². The van der Waals surface area contributed by atoms with Crippen LogP contribution in [0.5, 0.6) is 5.75 Å². The Morgan fingerprint density at radius 3 is 2.58 bits per heavy atom. The number of carbonyl (C=O) groups is 1. The van der Waals surface area contributed by atoms with Gasteiger partial charge >= 0.3 is 21.5 Å². The number of rotatable bonds is 17. The average molecular weight is 830 g/mol. The van der Waals surface area contributed by atoms with Gasteiger partial charge in [-0.1, -0.05) is 71.0 Å². The molecule has 2 aromatic carbocycles. The van der Waals surface area contributed by atoms with Crippen molar-refractivity contribution in [2.75, 3.05) is 38.6 Å². The van der Waals surface area contributed by atoms with Crippen molar-refractivity contribution in [3.63, 3.8) is 0 Å². The Kier molecular flexibility index (Phi) is 13.6. The average Bonchev–Trinajstić information content (AvgIpc) is 3.66. The highest BCUT2D eigenvalue weighted by Gasteiger charge is 2.48. The van der Waals surface area contributed by atoms with Gasteiger partial charge in [0.15, 0.2) is 23.9 Å². The van der Waals surface area contributed by atoms with Crippen molar-refractivity contribution < 1.29 is 51.1 Å². The van der Waals surface area contributed by atoms with Gasteiger partial charge in [-0.15, -0.1) is 0 Å². The third kappa shape index (κ3) is 10.6. The number of likely N-dealkylation sites (N-methyl/N-ethyl adjacent to an activating group) is 1. The summed E-state index contributed by atoms with van der Waals surface area (Å²) in [5.41, 5.74) is 6.18. The van der Waals surface area contributed by atoms with Crippen LogP contribution in [0.4, 0.5) is 10.2 Å². The summed E-state index contributed by atoms with van der Waals surface area (Å²) in [6.45, 7) is 12.2. The first-order chi connectivity index (χ1) is 25.8. The van der Waals surface area contributed by atoms with Gasteiger partial charge in [0.25, 0.3) is 0 Å². The van der Waals surface area contributed by atoms with E-state index in [0.717, 1.165) is 24.0 Å². The molecular weight excluding hydrogens is 783 g/mol. The number of nitrogens with one attached hydrogen (secondary N) is 1. The Bertz CT molecular complexity index is 2080. The van der Waals surface area contributed by atoms with Crippen LogP contribution in [0.3, 0.4) is 0 Å². The highest BCUT2D eigenvalue weighted by molar-refractivity contribution is 7.63. The second kappa shape index (κ2) is 17.5. The van der Waals surface area contributed by atoms with E-state index in [1.807, 2.05) is 46.8 Å². The van der Waals surface area contributed by atoms with Crippen LogP contribution in [-0.2, 0) is 38.7 Å². The number of phosphoric acid groups is 1. The second-order valence-corrected chi connectivity index (χ2v) is 17.8. The topological polar surface area (TPSA) is 223 Å². The van der Waals surface area contributed by atoms with Gasteiger partial charge < -0.3 is 34.6 Å². The number of nitrogens with zero attached hydrogens (tertiary/aromatic N) is 5. The molecule has 4 aromatic rings. The Morgan fingerprint density at radius 1 is 1.18 bits per heavy atom. The zero-order chi connectivity index (χ0) is 40.3. The van der Waals surface area contributed by atoms with Crippen LogP contribution in [0.2, 0.25) is 5.28 Å². The third-order valence-corrected chi connectivity index (χ3v) is 12.2. The number of hydrogen-bond acceptors (Lipinski definition) is 14. The number of aliphatic hydroxyl groups is 1. The lowest BCUT2D eigenvalue weighted by Gasteiger charge is -2.27. The lowest BCUT2D eigenvalue weighted by Crippen LogP contribution is -2.36. The third-order valence-electron chi connectivity index (χ3n) is 8.72. The smallest absolute Gasteiger partial charge is 0.464 e. The summed E-state index contributed by atoms with van der Waals surface area (Å²) in [6.07, 6.45) is -5.44. The van der Waals surface area contributed by atoms with Crippen LogP contribution in [-0.4, -0.2) is 97.7 Å². The van der Waals surface area contributed by atoms with Gasteiger partial charge in [-0.05, 0) is 54.4 Å². The minimum Gasteiger partial charge on any atom is -0.464 e. The molecule has 1 saturated heterocycles. The predicted molar refractivity (Wildman–Crippen MR) is 203 cm³/mol. The lowest BCUT2D eigenvalue weighted by atomic mass is 9.99. The van der Waals surface area contributed by atoms with E-state index in [9.17, 15) is 23.9 Å². The maximum atomic E-state index is 15.5. The number of phosphoric ester groups is 1. The molecule has 2 aromatic heterocycles. The molecule has 4 unspecified atom stereocenters. The van der Waals surface area contributed by atoms with Crippen molar-refractivity contribution in [2.45, 2.75) is 78.6 Å². The first-order valence-corrected chi connectivity index (χ1v) is 21.0. The highest BCUT2D eigenvalue weighted by Crippen LogP contribution is 2.61. The fraction of sp³-hybridized carbons (Fsp3) is 0.529. The molecule has 0 amide bonds. The Balaban J connectivity index is 1.41. The fourth-order valence-corrected chi connectivity index (χ4v) is 8.98. The minimum absolute atomic E-state index is 0.0132. The normalized spacial score (nSPS) is 21.8. The SMILES string of the molecule is CCN(CC)CCc1ccc2ccccc2c1OP(=O)(N[C@@H](C)C(=O)OCC(C)(C)C)OP(=O)(O)OC[C@H]1O[C@@H](n2cnc3c(N)nc(Cl)nc32)C(F)C1O. The Hall–Kier alpha value is -3.28. The van der Waals surface area contributed by atoms with Crippen LogP contribution < -0.4 is 15.3 Å². The number of nitrogens with two attached hydrogens (primary N) is 1. The van der Waals surface area contributed by atoms with E-state index in [0.29, 0.717) is 29.3 Å². The number of carbonyl (C=O) groups excluding carboxylic acids is 1. The van der Waals surface area contributed by atoms with E-state index < -0.39 is 64.2 Å². The molecule has 3 heterocycles. The number of aromatic nitrogens is 4. The van der Waals surface area contributed by atoms with Gasteiger partial charge in [-0.2, -0.15) is 19.4 Å². The van der Waals surface area contributed by atoms with Crippen LogP contribution in [0, 0.1) is 5.41 Å². The maximum Gasteiger partial charge on any atom is 0.481 e. The number of hydrogen-bond donors (Lipinski definition) is 4. The monoisotopic (exact) mass is 829 g/mol. The van der Waals surface area contributed by atoms with Gasteiger partial charge in [-0.3, -0.25) is 13.9 Å². The first-order valence-electron chi connectivity index (χ1n) is 17.6. The van der Waals surface area contributed by atoms with E-state index in [2.05, 4.69) is 24.9 Å². The second-order valence-electron chi connectivity index (χ2n) is 14.2. The molecule has 0 spiro atoms. The molecule has 0 radical (unpaired) electrons. The van der Waals surface area contributed by atoms with E-state index in [4.69, 9.17) is 40.2 Å². The first kappa shape index (κ1) is 42.9. The molecule has 55 heavy (non-hydrogen) atoms. The molecule has 5 rings (SSSR count). The molecule has 0 saturated carbocycles. The number of halogens is 2. The largest absolute Gasteiger partial charge is 0.481 e. The highest BCUT2D eigenvalue weighted by atomic mass is 35.5. The van der Waals surface area contributed by atoms with Crippen molar-refractivity contribution >= 4 is 60.9 Å². The van der Waals surface area contributed by atoms with Gasteiger partial charge in [0.2, 0.25) is 5.28 Å². The molecule has 1 aliphatic rings. The number of imidazole rings is 1. The van der Waals surface area contributed by atoms with Gasteiger partial charge in [0, 0.05) is 11.9 Å². The van der Waals surface area contributed by atoms with Gasteiger partial charge in [0.1, 0.15) is 29.5 Å². The van der Waals surface area contributed by atoms with Crippen molar-refractivity contribution in [1.29, 1.82) is 0 Å². The van der Waals surface area contributed by atoms with Crippen molar-refractivity contribution in [3.05, 3.63) is 53.6 Å². The Labute approximate surface area is 322 Å². The molecular formula is C34H47ClFN7O10P2. The molecule has 7 atom stereocenters. The van der Waals surface area contributed by atoms with E-state index in [1.54, 1.807) is 24.3 Å². The van der Waals surface area contributed by atoms with Gasteiger partial charge in [-0.25, -0.2) is 18.5 Å². The molecule has 17 nitrogen and oxygen atoms in total. The summed E-state index contributed by atoms with van der Waals surface area (Å²) >= 11 is 5.93. The zero-order valence-electron chi connectivity index (χ0n) is 31.3. The number of nitrogen functional groups attached to an aromatic ring is 1. The summed E-state index contributed by atoms with van der Waals surface area (Å²) in [7, 11) is -10.5. The molecule has 0 aliphatic carbocycles. The zero-order valence-corrected chi connectivity index (χ0v) is 33.8. The number of aliphatic hydroxyl groups excluding tert-OH is 1. The summed E-state index contributed by atoms with van der Waals surface area (Å²) in [5, 5.41) is 14.1. The number of ether oxygens (including phenoxy) is 2. The Morgan fingerprint density at radius 2 is 1.89 bits per heavy atom. The number of alkyl halides is 1. The molecule has 1 fully saturated rings. The lowest BCUT2D eigenvalue weighted by molar-refractivity contribution is -0.148. The number of fused-ring (bicyclic) bond motifs is 2. The standard InChI is InChI=1S/C34H47ClFN7O10P2/c1-7-42(8-2)16-15-22-14-13-21-11-9-10-12-23(21)28(22)52-54(46,41-20(3)32(45)49-18-34(4,5)6)53-55(47,48)50-17-24-27(44)25(36)31(51-24)43-19-38-26-29(37)39-33(35)40-30(26)43/h9-14,19-20,24-25,27,31,44H,7-8,15-18H2,1-6H3,(H,41,46)(H,47,48)(H2,37,39,40)/t20-,24+,25?,27?,31+,54?/m0/s1. The molecule has 5 N–H and O–H groups in total. The summed E-state index contributed by atoms with van der Waals surface area (Å²) in [4.78, 5) is 38.1. The van der Waals surface area contributed by atoms with E-state index >= 15 is 4.39 Å². The number of anilines is 1. The molecule has 302 valence electrons. The van der Waals surface area contributed by atoms with E-state index in [1.165, 1.54) is 6.92 Å². The predicted octanol–water partition coefficient (Wildman–Crippen LogP) is 5.58. The number of esters is 1. The van der Waals surface area contributed by atoms with Crippen molar-refractivity contribution in [2.24, 2.45) is 5.41 Å². The quantitative estimate of drug-likeness (QED) is 0.0579. The summed E-state index contributed by atoms with van der Waals surface area (Å²) in [5.74, 6) is -0.817. The van der Waals surface area contributed by atoms with Crippen LogP contribution in [0.25, 0.3) is 21.9 Å². The fourth-order valence-electron chi connectivity index (χ4n) is 5.79. The van der Waals surface area contributed by atoms with Crippen molar-refractivity contribution in [1.82, 2.24) is 29.5 Å². The number of benzene rings is 2. The van der Waals surface area contributed by atoms with Gasteiger partial charge in [0.05, 0.1) is 19.5 Å². The van der Waals surface area contributed by atoms with Crippen LogP contribution in [0.1, 0.15) is 53.3 Å². The molecule has 0 bridgehead atoms. The summed E-state index contributed by atoms with van der Waals surface area (Å²) in [6, 6.07) is 9.38. The van der Waals surface area contributed by atoms with Crippen LogP contribution in [0.15, 0.2) is 42.7 Å². The maximum absolute atomic E-state index is 15.5. The molecule has 1 aliphatic heterocycles. The van der Waals surface area contributed by atoms with E-state index in [-0.39, 0.29) is 34.6 Å². The van der Waals surface area contributed by atoms with Crippen molar-refractivity contribution in [3.8, 4) is 5.75 Å². The summed E-state index contributed by atoms with van der Waals surface area (Å²) < 4.78 is 72.4. The molecule has 21 heteroatoms.